The third kappa shape index (κ3) is 4.78. The third-order valence-electron chi connectivity index (χ3n) is 4.94. The number of aliphatic imine (C=N–C) groups is 1. The van der Waals surface area contributed by atoms with Gasteiger partial charge in [0, 0.05) is 30.1 Å². The number of nitrogens with zero attached hydrogens (tertiary/aromatic N) is 2. The largest absolute Gasteiger partial charge is 0.369 e. The molecule has 5 nitrogen and oxygen atoms in total. The average molecular weight is 341 g/mol. The van der Waals surface area contributed by atoms with Crippen molar-refractivity contribution in [3.63, 3.8) is 0 Å². The summed E-state index contributed by atoms with van der Waals surface area (Å²) in [6.45, 7) is 9.17. The summed E-state index contributed by atoms with van der Waals surface area (Å²) in [7, 11) is 0. The van der Waals surface area contributed by atoms with Crippen LogP contribution >= 0.6 is 11.8 Å². The van der Waals surface area contributed by atoms with Crippen LogP contribution in [0, 0.1) is 5.41 Å². The Bertz CT molecular complexity index is 438. The molecule has 23 heavy (non-hydrogen) atoms. The normalized spacial score (nSPS) is 22.2. The summed E-state index contributed by atoms with van der Waals surface area (Å²) in [6, 6.07) is 0. The molecule has 0 radical (unpaired) electrons. The van der Waals surface area contributed by atoms with Crippen LogP contribution in [0.15, 0.2) is 4.99 Å². The van der Waals surface area contributed by atoms with Gasteiger partial charge in [-0.2, -0.15) is 11.8 Å². The molecule has 1 spiro atoms. The fourth-order valence-electron chi connectivity index (χ4n) is 3.30. The van der Waals surface area contributed by atoms with E-state index in [1.807, 2.05) is 13.8 Å². The summed E-state index contributed by atoms with van der Waals surface area (Å²) in [5, 5.41) is 3.40. The molecule has 0 aromatic heterocycles. The fraction of sp³-hybridized carbons (Fsp3) is 0.882. The molecule has 0 unspecified atom stereocenters. The van der Waals surface area contributed by atoms with E-state index in [4.69, 9.17) is 10.7 Å². The van der Waals surface area contributed by atoms with E-state index in [9.17, 15) is 4.79 Å². The summed E-state index contributed by atoms with van der Waals surface area (Å²) in [5.41, 5.74) is 4.87. The molecular weight excluding hydrogens is 308 g/mol. The Morgan fingerprint density at radius 1 is 1.35 bits per heavy atom. The van der Waals surface area contributed by atoms with Gasteiger partial charge in [0.1, 0.15) is 0 Å². The zero-order valence-corrected chi connectivity index (χ0v) is 15.7. The van der Waals surface area contributed by atoms with Crippen LogP contribution < -0.4 is 11.1 Å². The lowest BCUT2D eigenvalue weighted by molar-refractivity contribution is -0.125. The molecule has 1 heterocycles. The van der Waals surface area contributed by atoms with Crippen molar-refractivity contribution in [1.82, 2.24) is 10.2 Å². The number of guanidine groups is 1. The van der Waals surface area contributed by atoms with Crippen LogP contribution in [0.5, 0.6) is 0 Å². The van der Waals surface area contributed by atoms with Crippen molar-refractivity contribution in [1.29, 1.82) is 0 Å². The third-order valence-corrected chi connectivity index (χ3v) is 6.48. The molecule has 1 saturated carbocycles. The van der Waals surface area contributed by atoms with Crippen molar-refractivity contribution >= 4 is 23.6 Å². The molecule has 6 heteroatoms. The summed E-state index contributed by atoms with van der Waals surface area (Å²) in [6.07, 6.45) is 6.72. The second kappa shape index (κ2) is 7.77. The molecule has 2 fully saturated rings. The highest BCUT2D eigenvalue weighted by Gasteiger charge is 2.38. The molecular formula is C17H32N4OS. The zero-order chi connectivity index (χ0) is 16.9. The Kier molecular flexibility index (Phi) is 6.23. The molecule has 2 rings (SSSR count). The number of carbonyl (C=O) groups is 1. The maximum Gasteiger partial charge on any atom is 0.224 e. The summed E-state index contributed by atoms with van der Waals surface area (Å²) in [4.78, 5) is 18.6. The predicted octanol–water partition coefficient (Wildman–Crippen LogP) is 2.22. The lowest BCUT2D eigenvalue weighted by Gasteiger charge is -2.45. The van der Waals surface area contributed by atoms with Gasteiger partial charge >= 0.3 is 0 Å². The summed E-state index contributed by atoms with van der Waals surface area (Å²) < 4.78 is 0.409. The monoisotopic (exact) mass is 340 g/mol. The second-order valence-electron chi connectivity index (χ2n) is 7.43. The van der Waals surface area contributed by atoms with Crippen molar-refractivity contribution in [2.75, 3.05) is 31.9 Å². The standard InChI is InChI=1S/C17H32N4OS/c1-4-19-15(20-12-16(2,3)14(18)22)21-10-11-23-17(13-21)8-6-5-7-9-17/h4-13H2,1-3H3,(H2,18,22)(H,19,20). The molecule has 1 aliphatic heterocycles. The minimum absolute atomic E-state index is 0.296. The van der Waals surface area contributed by atoms with Gasteiger partial charge in [-0.3, -0.25) is 9.79 Å². The molecule has 3 N–H and O–H groups in total. The molecule has 1 amide bonds. The second-order valence-corrected chi connectivity index (χ2v) is 8.99. The number of nitrogens with two attached hydrogens (primary N) is 1. The van der Waals surface area contributed by atoms with Gasteiger partial charge in [0.2, 0.25) is 5.91 Å². The summed E-state index contributed by atoms with van der Waals surface area (Å²) in [5.74, 6) is 1.80. The van der Waals surface area contributed by atoms with Crippen LogP contribution in [0.2, 0.25) is 0 Å². The lowest BCUT2D eigenvalue weighted by atomic mass is 9.87. The number of thioether (sulfide) groups is 1. The predicted molar refractivity (Wildman–Crippen MR) is 98.8 cm³/mol. The van der Waals surface area contributed by atoms with Crippen LogP contribution in [-0.2, 0) is 4.79 Å². The number of rotatable bonds is 4. The van der Waals surface area contributed by atoms with Crippen molar-refractivity contribution in [3.05, 3.63) is 0 Å². The van der Waals surface area contributed by atoms with Gasteiger partial charge in [0.05, 0.1) is 12.0 Å². The number of nitrogens with one attached hydrogen (secondary N) is 1. The van der Waals surface area contributed by atoms with Crippen LogP contribution in [-0.4, -0.2) is 53.4 Å². The first-order chi connectivity index (χ1) is 10.9. The first-order valence-electron chi connectivity index (χ1n) is 8.86. The van der Waals surface area contributed by atoms with Gasteiger partial charge in [-0.1, -0.05) is 19.3 Å². The minimum Gasteiger partial charge on any atom is -0.369 e. The van der Waals surface area contributed by atoms with E-state index in [1.165, 1.54) is 32.1 Å². The van der Waals surface area contributed by atoms with E-state index in [-0.39, 0.29) is 5.91 Å². The van der Waals surface area contributed by atoms with E-state index in [0.29, 0.717) is 11.3 Å². The smallest absolute Gasteiger partial charge is 0.224 e. The van der Waals surface area contributed by atoms with Gasteiger partial charge in [0.15, 0.2) is 5.96 Å². The highest BCUT2D eigenvalue weighted by Crippen LogP contribution is 2.42. The van der Waals surface area contributed by atoms with Crippen LogP contribution in [0.25, 0.3) is 0 Å². The Morgan fingerprint density at radius 3 is 2.65 bits per heavy atom. The maximum absolute atomic E-state index is 11.5. The van der Waals surface area contributed by atoms with Crippen LogP contribution in [0.3, 0.4) is 0 Å². The van der Waals surface area contributed by atoms with Crippen LogP contribution in [0.4, 0.5) is 0 Å². The molecule has 0 bridgehead atoms. The molecule has 132 valence electrons. The van der Waals surface area contributed by atoms with Gasteiger partial charge < -0.3 is 16.0 Å². The Hall–Kier alpha value is -0.910. The molecule has 0 aromatic carbocycles. The van der Waals surface area contributed by atoms with Crippen molar-refractivity contribution in [2.24, 2.45) is 16.1 Å². The summed E-state index contributed by atoms with van der Waals surface area (Å²) >= 11 is 2.16. The van der Waals surface area contributed by atoms with E-state index >= 15 is 0 Å². The molecule has 0 atom stereocenters. The first kappa shape index (κ1) is 18.4. The van der Waals surface area contributed by atoms with E-state index in [0.717, 1.165) is 31.3 Å². The number of carbonyl (C=O) groups excluding carboxylic acids is 1. The highest BCUT2D eigenvalue weighted by molar-refractivity contribution is 8.00. The topological polar surface area (TPSA) is 70.7 Å². The van der Waals surface area contributed by atoms with E-state index in [1.54, 1.807) is 0 Å². The SMILES string of the molecule is CCNC(=NCC(C)(C)C(N)=O)N1CCSC2(CCCCC2)C1. The van der Waals surface area contributed by atoms with E-state index < -0.39 is 5.41 Å². The molecule has 0 aromatic rings. The average Bonchev–Trinajstić information content (AvgIpc) is 2.52. The quantitative estimate of drug-likeness (QED) is 0.608. The van der Waals surface area contributed by atoms with Gasteiger partial charge in [-0.15, -0.1) is 0 Å². The first-order valence-corrected chi connectivity index (χ1v) is 9.84. The molecule has 1 saturated heterocycles. The number of primary amides is 1. The minimum atomic E-state index is -0.603. The lowest BCUT2D eigenvalue weighted by Crippen LogP contribution is -2.53. The van der Waals surface area contributed by atoms with Gasteiger partial charge in [-0.25, -0.2) is 0 Å². The molecule has 1 aliphatic carbocycles. The number of hydrogen-bond acceptors (Lipinski definition) is 3. The molecule has 2 aliphatic rings. The Balaban J connectivity index is 2.08. The van der Waals surface area contributed by atoms with Gasteiger partial charge in [0.25, 0.3) is 0 Å². The highest BCUT2D eigenvalue weighted by atomic mass is 32.2. The van der Waals surface area contributed by atoms with Crippen molar-refractivity contribution in [3.8, 4) is 0 Å². The van der Waals surface area contributed by atoms with Crippen molar-refractivity contribution in [2.45, 2.75) is 57.6 Å². The number of hydrogen-bond donors (Lipinski definition) is 2. The zero-order valence-electron chi connectivity index (χ0n) is 14.9. The van der Waals surface area contributed by atoms with E-state index in [2.05, 4.69) is 28.9 Å². The fourth-order valence-corrected chi connectivity index (χ4v) is 4.87. The number of amides is 1. The van der Waals surface area contributed by atoms with Gasteiger partial charge in [-0.05, 0) is 33.6 Å². The van der Waals surface area contributed by atoms with Crippen LogP contribution in [0.1, 0.15) is 52.9 Å². The van der Waals surface area contributed by atoms with Crippen molar-refractivity contribution < 1.29 is 4.79 Å². The Labute approximate surface area is 144 Å². The Morgan fingerprint density at radius 2 is 2.04 bits per heavy atom. The maximum atomic E-state index is 11.5.